The molecular formula is C11H10Cl5N3OS. The van der Waals surface area contributed by atoms with Crippen molar-refractivity contribution in [3.63, 3.8) is 0 Å². The SMILES string of the molecule is O=C(CCl)N[C@@H](NC(=S)Nc1ccccc1Cl)C(Cl)(Cl)Cl. The Kier molecular flexibility index (Phi) is 7.60. The first-order valence-electron chi connectivity index (χ1n) is 5.48. The van der Waals surface area contributed by atoms with Crippen LogP contribution in [0.3, 0.4) is 0 Å². The van der Waals surface area contributed by atoms with Crippen LogP contribution in [0.15, 0.2) is 24.3 Å². The van der Waals surface area contributed by atoms with E-state index in [-0.39, 0.29) is 11.0 Å². The number of halogens is 5. The van der Waals surface area contributed by atoms with Crippen molar-refractivity contribution >= 4 is 86.9 Å². The van der Waals surface area contributed by atoms with Gasteiger partial charge in [0.2, 0.25) is 9.70 Å². The van der Waals surface area contributed by atoms with E-state index < -0.39 is 15.9 Å². The molecule has 0 bridgehead atoms. The number of para-hydroxylation sites is 1. The first-order chi connectivity index (χ1) is 9.74. The Morgan fingerprint density at radius 3 is 2.38 bits per heavy atom. The molecule has 1 amide bonds. The number of benzene rings is 1. The van der Waals surface area contributed by atoms with E-state index in [9.17, 15) is 4.79 Å². The molecule has 0 saturated heterocycles. The van der Waals surface area contributed by atoms with Crippen LogP contribution in [0.2, 0.25) is 5.02 Å². The van der Waals surface area contributed by atoms with E-state index in [4.69, 9.17) is 70.2 Å². The summed E-state index contributed by atoms with van der Waals surface area (Å²) < 4.78 is -1.83. The molecule has 0 heterocycles. The third-order valence-electron chi connectivity index (χ3n) is 2.15. The maximum Gasteiger partial charge on any atom is 0.236 e. The van der Waals surface area contributed by atoms with Crippen molar-refractivity contribution in [2.45, 2.75) is 9.96 Å². The molecule has 3 N–H and O–H groups in total. The Morgan fingerprint density at radius 1 is 1.24 bits per heavy atom. The molecule has 0 aromatic heterocycles. The molecule has 1 aromatic rings. The fourth-order valence-corrected chi connectivity index (χ4v) is 2.07. The minimum atomic E-state index is -1.83. The average molecular weight is 410 g/mol. The number of nitrogens with one attached hydrogen (secondary N) is 3. The molecule has 1 atom stereocenters. The maximum atomic E-state index is 11.3. The molecule has 0 fully saturated rings. The smallest absolute Gasteiger partial charge is 0.236 e. The first kappa shape index (κ1) is 18.9. The molecule has 0 spiro atoms. The summed E-state index contributed by atoms with van der Waals surface area (Å²) in [6.45, 7) is 0. The monoisotopic (exact) mass is 407 g/mol. The third kappa shape index (κ3) is 6.63. The van der Waals surface area contributed by atoms with Gasteiger partial charge in [-0.25, -0.2) is 0 Å². The van der Waals surface area contributed by atoms with Gasteiger partial charge in [0.15, 0.2) is 5.11 Å². The predicted molar refractivity (Wildman–Crippen MR) is 93.7 cm³/mol. The summed E-state index contributed by atoms with van der Waals surface area (Å²) in [5.74, 6) is -0.787. The largest absolute Gasteiger partial charge is 0.339 e. The van der Waals surface area contributed by atoms with Crippen LogP contribution in [0.5, 0.6) is 0 Å². The van der Waals surface area contributed by atoms with Crippen molar-refractivity contribution in [3.05, 3.63) is 29.3 Å². The van der Waals surface area contributed by atoms with Gasteiger partial charge in [-0.3, -0.25) is 4.79 Å². The van der Waals surface area contributed by atoms with Crippen molar-refractivity contribution in [3.8, 4) is 0 Å². The summed E-state index contributed by atoms with van der Waals surface area (Å²) in [4.78, 5) is 11.3. The van der Waals surface area contributed by atoms with Crippen LogP contribution < -0.4 is 16.0 Å². The van der Waals surface area contributed by atoms with Crippen molar-refractivity contribution in [2.24, 2.45) is 0 Å². The van der Waals surface area contributed by atoms with Crippen molar-refractivity contribution in [1.82, 2.24) is 10.6 Å². The Labute approximate surface area is 152 Å². The number of amides is 1. The number of carbonyl (C=O) groups excluding carboxylic acids is 1. The summed E-state index contributed by atoms with van der Waals surface area (Å²) >= 11 is 33.8. The molecule has 10 heteroatoms. The fourth-order valence-electron chi connectivity index (χ4n) is 1.25. The Bertz CT molecular complexity index is 523. The zero-order valence-electron chi connectivity index (χ0n) is 10.3. The molecular weight excluding hydrogens is 399 g/mol. The summed E-state index contributed by atoms with van der Waals surface area (Å²) in [6.07, 6.45) is -1.06. The number of rotatable bonds is 4. The lowest BCUT2D eigenvalue weighted by atomic mass is 10.3. The number of carbonyl (C=O) groups is 1. The molecule has 0 aliphatic rings. The Morgan fingerprint density at radius 2 is 1.86 bits per heavy atom. The maximum absolute atomic E-state index is 11.3. The minimum Gasteiger partial charge on any atom is -0.339 e. The van der Waals surface area contributed by atoms with Gasteiger partial charge in [0.05, 0.1) is 10.7 Å². The van der Waals surface area contributed by atoms with Crippen LogP contribution in [-0.2, 0) is 4.79 Å². The molecule has 21 heavy (non-hydrogen) atoms. The zero-order valence-corrected chi connectivity index (χ0v) is 14.9. The predicted octanol–water partition coefficient (Wildman–Crippen LogP) is 3.68. The molecule has 4 nitrogen and oxygen atoms in total. The Hall–Kier alpha value is -0.170. The average Bonchev–Trinajstić information content (AvgIpc) is 2.39. The van der Waals surface area contributed by atoms with Crippen LogP contribution in [0.25, 0.3) is 0 Å². The molecule has 0 aliphatic carbocycles. The quantitative estimate of drug-likeness (QED) is 0.403. The lowest BCUT2D eigenvalue weighted by Crippen LogP contribution is -2.56. The zero-order chi connectivity index (χ0) is 16.0. The van der Waals surface area contributed by atoms with Gasteiger partial charge >= 0.3 is 0 Å². The van der Waals surface area contributed by atoms with Crippen molar-refractivity contribution in [1.29, 1.82) is 0 Å². The lowest BCUT2D eigenvalue weighted by molar-refractivity contribution is -0.119. The highest BCUT2D eigenvalue weighted by molar-refractivity contribution is 7.80. The van der Waals surface area contributed by atoms with Gasteiger partial charge in [0.1, 0.15) is 12.0 Å². The van der Waals surface area contributed by atoms with Crippen LogP contribution >= 0.6 is 70.2 Å². The molecule has 1 aromatic carbocycles. The number of hydrogen-bond donors (Lipinski definition) is 3. The van der Waals surface area contributed by atoms with E-state index in [2.05, 4.69) is 16.0 Å². The molecule has 0 saturated carbocycles. The molecule has 0 unspecified atom stereocenters. The van der Waals surface area contributed by atoms with E-state index in [1.807, 2.05) is 0 Å². The van der Waals surface area contributed by atoms with Gasteiger partial charge < -0.3 is 16.0 Å². The van der Waals surface area contributed by atoms with Crippen LogP contribution in [0, 0.1) is 0 Å². The topological polar surface area (TPSA) is 53.2 Å². The number of alkyl halides is 4. The van der Waals surface area contributed by atoms with Gasteiger partial charge in [0, 0.05) is 0 Å². The summed E-state index contributed by atoms with van der Waals surface area (Å²) in [5, 5.41) is 8.49. The molecule has 0 radical (unpaired) electrons. The highest BCUT2D eigenvalue weighted by Gasteiger charge is 2.34. The van der Waals surface area contributed by atoms with Crippen LogP contribution in [0.1, 0.15) is 0 Å². The number of thiocarbonyl (C=S) groups is 1. The third-order valence-corrected chi connectivity index (χ3v) is 3.60. The van der Waals surface area contributed by atoms with Crippen molar-refractivity contribution < 1.29 is 4.79 Å². The van der Waals surface area contributed by atoms with E-state index in [1.165, 1.54) is 0 Å². The first-order valence-corrected chi connectivity index (χ1v) is 7.93. The van der Waals surface area contributed by atoms with Crippen LogP contribution in [-0.4, -0.2) is 26.9 Å². The van der Waals surface area contributed by atoms with Gasteiger partial charge in [0.25, 0.3) is 0 Å². The summed E-state index contributed by atoms with van der Waals surface area (Å²) in [7, 11) is 0. The van der Waals surface area contributed by atoms with Crippen LogP contribution in [0.4, 0.5) is 5.69 Å². The standard InChI is InChI=1S/C11H10Cl5N3OS/c12-5-8(20)18-9(11(14,15)16)19-10(21)17-7-4-2-1-3-6(7)13/h1-4,9H,5H2,(H,18,20)(H2,17,19,21)/t9-/m0/s1. The fraction of sp³-hybridized carbons (Fsp3) is 0.273. The second kappa shape index (κ2) is 8.46. The molecule has 1 rings (SSSR count). The van der Waals surface area contributed by atoms with Gasteiger partial charge in [-0.1, -0.05) is 58.5 Å². The minimum absolute atomic E-state index is 0.120. The van der Waals surface area contributed by atoms with E-state index in [0.717, 1.165) is 0 Å². The van der Waals surface area contributed by atoms with Crippen molar-refractivity contribution in [2.75, 3.05) is 11.2 Å². The highest BCUT2D eigenvalue weighted by atomic mass is 35.6. The number of anilines is 1. The second-order valence-electron chi connectivity index (χ2n) is 3.75. The second-order valence-corrected chi connectivity index (χ2v) is 7.21. The molecule has 0 aliphatic heterocycles. The van der Waals surface area contributed by atoms with E-state index in [1.54, 1.807) is 24.3 Å². The van der Waals surface area contributed by atoms with Gasteiger partial charge in [-0.2, -0.15) is 0 Å². The summed E-state index contributed by atoms with van der Waals surface area (Å²) in [5.41, 5.74) is 0.573. The summed E-state index contributed by atoms with van der Waals surface area (Å²) in [6, 6.07) is 6.96. The van der Waals surface area contributed by atoms with Gasteiger partial charge in [-0.15, -0.1) is 11.6 Å². The lowest BCUT2D eigenvalue weighted by Gasteiger charge is -2.27. The normalized spacial score (nSPS) is 12.4. The number of hydrogen-bond acceptors (Lipinski definition) is 2. The molecule has 116 valence electrons. The highest BCUT2D eigenvalue weighted by Crippen LogP contribution is 2.29. The van der Waals surface area contributed by atoms with Gasteiger partial charge in [-0.05, 0) is 24.4 Å². The van der Waals surface area contributed by atoms with E-state index >= 15 is 0 Å². The van der Waals surface area contributed by atoms with E-state index in [0.29, 0.717) is 10.7 Å². The Balaban J connectivity index is 2.73.